The van der Waals surface area contributed by atoms with Crippen LogP contribution in [0.4, 0.5) is 8.78 Å². The van der Waals surface area contributed by atoms with E-state index in [9.17, 15) is 8.78 Å². The molecular formula is C14H20BrF2NO. The maximum absolute atomic E-state index is 13.9. The van der Waals surface area contributed by atoms with Gasteiger partial charge in [-0.05, 0) is 62.3 Å². The van der Waals surface area contributed by atoms with Gasteiger partial charge in [-0.2, -0.15) is 0 Å². The van der Waals surface area contributed by atoms with Gasteiger partial charge in [0.1, 0.15) is 11.6 Å². The molecule has 5 heteroatoms. The Morgan fingerprint density at radius 2 is 1.95 bits per heavy atom. The van der Waals surface area contributed by atoms with Crippen molar-refractivity contribution in [3.05, 3.63) is 33.8 Å². The highest BCUT2D eigenvalue weighted by atomic mass is 79.9. The van der Waals surface area contributed by atoms with Crippen molar-refractivity contribution in [1.29, 1.82) is 0 Å². The van der Waals surface area contributed by atoms with Crippen LogP contribution in [0.1, 0.15) is 26.3 Å². The average molecular weight is 336 g/mol. The van der Waals surface area contributed by atoms with E-state index in [1.807, 2.05) is 20.8 Å². The lowest BCUT2D eigenvalue weighted by atomic mass is 10.0. The van der Waals surface area contributed by atoms with Gasteiger partial charge in [-0.3, -0.25) is 0 Å². The van der Waals surface area contributed by atoms with E-state index in [4.69, 9.17) is 4.74 Å². The Hall–Kier alpha value is -0.520. The normalized spacial score (nSPS) is 13.6. The third-order valence-corrected chi connectivity index (χ3v) is 3.33. The molecule has 1 aromatic rings. The molecule has 2 nitrogen and oxygen atoms in total. The molecule has 0 saturated carbocycles. The number of nitrogens with one attached hydrogen (secondary N) is 1. The van der Waals surface area contributed by atoms with Crippen molar-refractivity contribution in [2.75, 3.05) is 13.7 Å². The maximum Gasteiger partial charge on any atom is 0.143 e. The number of hydrogen-bond donors (Lipinski definition) is 1. The second kappa shape index (κ2) is 6.77. The van der Waals surface area contributed by atoms with Gasteiger partial charge in [0.15, 0.2) is 0 Å². The number of rotatable bonds is 5. The predicted molar refractivity (Wildman–Crippen MR) is 76.3 cm³/mol. The van der Waals surface area contributed by atoms with E-state index in [0.717, 1.165) is 0 Å². The van der Waals surface area contributed by atoms with Gasteiger partial charge in [0.05, 0.1) is 16.7 Å². The Labute approximate surface area is 121 Å². The molecule has 0 aliphatic heterocycles. The van der Waals surface area contributed by atoms with Crippen molar-refractivity contribution in [2.45, 2.75) is 38.8 Å². The Kier molecular flexibility index (Phi) is 5.89. The Morgan fingerprint density at radius 3 is 2.47 bits per heavy atom. The first kappa shape index (κ1) is 16.5. The number of ether oxygens (including phenoxy) is 1. The summed E-state index contributed by atoms with van der Waals surface area (Å²) in [6.45, 7) is 6.23. The molecule has 1 unspecified atom stereocenters. The van der Waals surface area contributed by atoms with Crippen LogP contribution in [0.3, 0.4) is 0 Å². The molecule has 0 saturated heterocycles. The van der Waals surface area contributed by atoms with Crippen LogP contribution in [0.15, 0.2) is 16.6 Å². The van der Waals surface area contributed by atoms with Crippen LogP contribution in [0.2, 0.25) is 0 Å². The monoisotopic (exact) mass is 335 g/mol. The highest BCUT2D eigenvalue weighted by Crippen LogP contribution is 2.23. The Balaban J connectivity index is 2.79. The standard InChI is InChI=1S/C14H20BrF2NO/c1-14(2,3)19-8-9(18-4)7-10-12(16)6-5-11(15)13(10)17/h5-6,9,18H,7-8H2,1-4H3. The molecule has 0 fully saturated rings. The van der Waals surface area contributed by atoms with E-state index in [1.54, 1.807) is 7.05 Å². The van der Waals surface area contributed by atoms with Crippen LogP contribution >= 0.6 is 15.9 Å². The Bertz CT molecular complexity index is 432. The highest BCUT2D eigenvalue weighted by molar-refractivity contribution is 9.10. The van der Waals surface area contributed by atoms with Crippen molar-refractivity contribution in [3.8, 4) is 0 Å². The quantitative estimate of drug-likeness (QED) is 0.829. The molecule has 0 bridgehead atoms. The smallest absolute Gasteiger partial charge is 0.143 e. The van der Waals surface area contributed by atoms with Crippen molar-refractivity contribution in [3.63, 3.8) is 0 Å². The summed E-state index contributed by atoms with van der Waals surface area (Å²) < 4.78 is 33.5. The molecule has 0 amide bonds. The van der Waals surface area contributed by atoms with Crippen molar-refractivity contribution >= 4 is 15.9 Å². The van der Waals surface area contributed by atoms with Gasteiger partial charge >= 0.3 is 0 Å². The maximum atomic E-state index is 13.9. The third kappa shape index (κ3) is 5.16. The summed E-state index contributed by atoms with van der Waals surface area (Å²) in [6.07, 6.45) is 0.240. The zero-order valence-corrected chi connectivity index (χ0v) is 13.3. The highest BCUT2D eigenvalue weighted by Gasteiger charge is 2.19. The van der Waals surface area contributed by atoms with E-state index in [0.29, 0.717) is 6.61 Å². The predicted octanol–water partition coefficient (Wildman–Crippen LogP) is 3.67. The number of hydrogen-bond acceptors (Lipinski definition) is 2. The molecule has 0 radical (unpaired) electrons. The van der Waals surface area contributed by atoms with Crippen LogP contribution in [0.5, 0.6) is 0 Å². The zero-order valence-electron chi connectivity index (χ0n) is 11.7. The van der Waals surface area contributed by atoms with Gasteiger partial charge in [0, 0.05) is 11.6 Å². The Morgan fingerprint density at radius 1 is 1.32 bits per heavy atom. The third-order valence-electron chi connectivity index (χ3n) is 2.72. The first-order chi connectivity index (χ1) is 8.74. The number of halogens is 3. The summed E-state index contributed by atoms with van der Waals surface area (Å²) in [6, 6.07) is 2.49. The molecule has 19 heavy (non-hydrogen) atoms. The van der Waals surface area contributed by atoms with Crippen LogP contribution in [0, 0.1) is 11.6 Å². The first-order valence-corrected chi connectivity index (χ1v) is 6.97. The zero-order chi connectivity index (χ0) is 14.6. The second-order valence-corrected chi connectivity index (χ2v) is 6.29. The van der Waals surface area contributed by atoms with Gasteiger partial charge in [-0.25, -0.2) is 8.78 Å². The lowest BCUT2D eigenvalue weighted by Crippen LogP contribution is -2.36. The van der Waals surface area contributed by atoms with Gasteiger partial charge in [0.25, 0.3) is 0 Å². The molecule has 108 valence electrons. The second-order valence-electron chi connectivity index (χ2n) is 5.43. The van der Waals surface area contributed by atoms with Crippen LogP contribution in [0.25, 0.3) is 0 Å². The van der Waals surface area contributed by atoms with Crippen LogP contribution in [-0.2, 0) is 11.2 Å². The molecule has 1 aromatic carbocycles. The van der Waals surface area contributed by atoms with E-state index >= 15 is 0 Å². The van der Waals surface area contributed by atoms with Crippen molar-refractivity contribution in [2.24, 2.45) is 0 Å². The van der Waals surface area contributed by atoms with Crippen LogP contribution < -0.4 is 5.32 Å². The lowest BCUT2D eigenvalue weighted by molar-refractivity contribution is -0.0136. The average Bonchev–Trinajstić information content (AvgIpc) is 2.32. The lowest BCUT2D eigenvalue weighted by Gasteiger charge is -2.24. The molecule has 0 spiro atoms. The molecule has 0 aliphatic rings. The molecule has 1 atom stereocenters. The summed E-state index contributed by atoms with van der Waals surface area (Å²) in [4.78, 5) is 0. The summed E-state index contributed by atoms with van der Waals surface area (Å²) in [5.74, 6) is -1.08. The number of benzene rings is 1. The minimum atomic E-state index is -0.545. The van der Waals surface area contributed by atoms with E-state index in [1.165, 1.54) is 12.1 Å². The van der Waals surface area contributed by atoms with E-state index in [2.05, 4.69) is 21.2 Å². The van der Waals surface area contributed by atoms with Gasteiger partial charge in [-0.1, -0.05) is 0 Å². The first-order valence-electron chi connectivity index (χ1n) is 6.18. The molecule has 0 aromatic heterocycles. The minimum absolute atomic E-state index is 0.0752. The van der Waals surface area contributed by atoms with Gasteiger partial charge in [0.2, 0.25) is 0 Å². The summed E-state index contributed by atoms with van der Waals surface area (Å²) in [5, 5.41) is 3.02. The van der Waals surface area contributed by atoms with Gasteiger partial charge in [-0.15, -0.1) is 0 Å². The molecule has 0 heterocycles. The molecule has 1 rings (SSSR count). The van der Waals surface area contributed by atoms with Gasteiger partial charge < -0.3 is 10.1 Å². The van der Waals surface area contributed by atoms with E-state index < -0.39 is 11.6 Å². The van der Waals surface area contributed by atoms with Crippen LogP contribution in [-0.4, -0.2) is 25.3 Å². The fraction of sp³-hybridized carbons (Fsp3) is 0.571. The SMILES string of the molecule is CNC(COC(C)(C)C)Cc1c(F)ccc(Br)c1F. The van der Waals surface area contributed by atoms with Crippen molar-refractivity contribution in [1.82, 2.24) is 5.32 Å². The molecule has 0 aliphatic carbocycles. The molecule has 1 N–H and O–H groups in total. The largest absolute Gasteiger partial charge is 0.374 e. The fourth-order valence-electron chi connectivity index (χ4n) is 1.60. The summed E-state index contributed by atoms with van der Waals surface area (Å²) in [5.41, 5.74) is -0.199. The van der Waals surface area contributed by atoms with Crippen molar-refractivity contribution < 1.29 is 13.5 Å². The summed E-state index contributed by atoms with van der Waals surface area (Å²) >= 11 is 3.07. The fourth-order valence-corrected chi connectivity index (χ4v) is 1.97. The molecular weight excluding hydrogens is 316 g/mol. The van der Waals surface area contributed by atoms with E-state index in [-0.39, 0.29) is 28.1 Å². The number of likely N-dealkylation sites (N-methyl/N-ethyl adjacent to an activating group) is 1. The summed E-state index contributed by atoms with van der Waals surface area (Å²) in [7, 11) is 1.75. The topological polar surface area (TPSA) is 21.3 Å². The minimum Gasteiger partial charge on any atom is -0.374 e.